The van der Waals surface area contributed by atoms with E-state index in [0.29, 0.717) is 0 Å². The van der Waals surface area contributed by atoms with Crippen molar-refractivity contribution < 1.29 is 0 Å². The Balaban J connectivity index is 1.02. The highest BCUT2D eigenvalue weighted by Gasteiger charge is 2.45. The zero-order valence-electron chi connectivity index (χ0n) is 59.8. The standard InChI is InChI=1S/C90H92BN5/c1-85(2,3)57-27-37-63(38-28-57)92(64-39-29-58(30-40-64)86(4,5)6)65-45-47-68(48-46-65)95-76-25-21-19-23-70(76)72-49-50-73-71-24-20-22-26-77(71)96(84(73)83(72)95)69-55-80-82-81(56-69)94(67-43-33-60(34-44-67)88(10,11)12)79-52-36-62(90(16,17)18)54-75(79)91(82)74-53-61(89(13,14)15)35-51-78(74)93(80)66-41-31-59(32-42-66)87(7,8)9/h19-56H,1-18H3. The van der Waals surface area contributed by atoms with E-state index in [1.807, 2.05) is 0 Å². The first-order valence-corrected chi connectivity index (χ1v) is 34.8. The summed E-state index contributed by atoms with van der Waals surface area (Å²) in [4.78, 5) is 7.62. The van der Waals surface area contributed by atoms with Gasteiger partial charge in [-0.05, 0) is 191 Å². The number of nitrogens with zero attached hydrogens (tertiary/aromatic N) is 5. The Labute approximate surface area is 570 Å². The molecule has 0 fully saturated rings. The van der Waals surface area contributed by atoms with Crippen molar-refractivity contribution in [3.05, 3.63) is 264 Å². The molecule has 0 aliphatic carbocycles. The Hall–Kier alpha value is -9.52. The average molecular weight is 1250 g/mol. The topological polar surface area (TPSA) is 19.6 Å². The Kier molecular flexibility index (Phi) is 14.4. The maximum Gasteiger partial charge on any atom is 0.252 e. The molecule has 0 saturated carbocycles. The van der Waals surface area contributed by atoms with E-state index in [0.717, 1.165) is 56.4 Å². The van der Waals surface area contributed by atoms with Gasteiger partial charge in [-0.3, -0.25) is 0 Å². The summed E-state index contributed by atoms with van der Waals surface area (Å²) in [5.41, 5.74) is 28.9. The number of fused-ring (bicyclic) bond motifs is 11. The van der Waals surface area contributed by atoms with Crippen LogP contribution < -0.4 is 31.1 Å². The molecular formula is C90H92BN5. The fraction of sp³-hybridized carbons (Fsp3) is 0.267. The molecule has 0 radical (unpaired) electrons. The smallest absolute Gasteiger partial charge is 0.252 e. The minimum absolute atomic E-state index is 0.0216. The fourth-order valence-corrected chi connectivity index (χ4v) is 15.3. The molecule has 0 atom stereocenters. The third kappa shape index (κ3) is 10.4. The van der Waals surface area contributed by atoms with Gasteiger partial charge in [-0.25, -0.2) is 0 Å². The third-order valence-corrected chi connectivity index (χ3v) is 20.8. The molecule has 0 saturated heterocycles. The molecular weight excluding hydrogens is 1160 g/mol. The number of aromatic nitrogens is 2. The van der Waals surface area contributed by atoms with E-state index in [4.69, 9.17) is 0 Å². The van der Waals surface area contributed by atoms with Crippen LogP contribution in [0, 0.1) is 0 Å². The highest BCUT2D eigenvalue weighted by molar-refractivity contribution is 7.00. The van der Waals surface area contributed by atoms with Crippen LogP contribution in [0.15, 0.2) is 231 Å². The minimum Gasteiger partial charge on any atom is -0.311 e. The highest BCUT2D eigenvalue weighted by Crippen LogP contribution is 2.50. The van der Waals surface area contributed by atoms with Gasteiger partial charge in [0.25, 0.3) is 6.71 Å². The molecule has 11 aromatic carbocycles. The van der Waals surface area contributed by atoms with E-state index in [1.165, 1.54) is 99.6 Å². The molecule has 0 N–H and O–H groups in total. The Morgan fingerprint density at radius 3 is 0.917 bits per heavy atom. The van der Waals surface area contributed by atoms with Crippen LogP contribution in [-0.2, 0) is 32.5 Å². The monoisotopic (exact) mass is 1250 g/mol. The summed E-state index contributed by atoms with van der Waals surface area (Å²) in [5.74, 6) is 0. The molecule has 480 valence electrons. The quantitative estimate of drug-likeness (QED) is 0.148. The van der Waals surface area contributed by atoms with E-state index in [9.17, 15) is 0 Å². The molecule has 2 aromatic heterocycles. The third-order valence-electron chi connectivity index (χ3n) is 20.8. The molecule has 2 aliphatic heterocycles. The lowest BCUT2D eigenvalue weighted by atomic mass is 9.33. The Bertz CT molecular complexity index is 4990. The molecule has 0 spiro atoms. The van der Waals surface area contributed by atoms with Crippen LogP contribution in [0.2, 0.25) is 0 Å². The van der Waals surface area contributed by atoms with Gasteiger partial charge < -0.3 is 23.8 Å². The number of hydrogen-bond donors (Lipinski definition) is 0. The first kappa shape index (κ1) is 62.6. The molecule has 6 heteroatoms. The predicted molar refractivity (Wildman–Crippen MR) is 416 cm³/mol. The second-order valence-electron chi connectivity index (χ2n) is 33.7. The Morgan fingerprint density at radius 1 is 0.260 bits per heavy atom. The summed E-state index contributed by atoms with van der Waals surface area (Å²) < 4.78 is 5.16. The maximum absolute atomic E-state index is 2.62. The van der Waals surface area contributed by atoms with Crippen LogP contribution in [-0.4, -0.2) is 15.8 Å². The first-order valence-electron chi connectivity index (χ1n) is 34.8. The van der Waals surface area contributed by atoms with Crippen LogP contribution in [0.1, 0.15) is 158 Å². The van der Waals surface area contributed by atoms with Crippen molar-refractivity contribution in [2.45, 2.75) is 157 Å². The van der Waals surface area contributed by atoms with Gasteiger partial charge in [-0.1, -0.05) is 246 Å². The van der Waals surface area contributed by atoms with Gasteiger partial charge in [0.15, 0.2) is 0 Å². The number of anilines is 9. The summed E-state index contributed by atoms with van der Waals surface area (Å²) >= 11 is 0. The summed E-state index contributed by atoms with van der Waals surface area (Å²) in [7, 11) is 0. The van der Waals surface area contributed by atoms with Crippen molar-refractivity contribution in [3.63, 3.8) is 0 Å². The summed E-state index contributed by atoms with van der Waals surface area (Å²) in [6, 6.07) is 89.3. The summed E-state index contributed by atoms with van der Waals surface area (Å²) in [5, 5.41) is 4.83. The van der Waals surface area contributed by atoms with Gasteiger partial charge in [-0.2, -0.15) is 0 Å². The van der Waals surface area contributed by atoms with Gasteiger partial charge in [0.1, 0.15) is 0 Å². The summed E-state index contributed by atoms with van der Waals surface area (Å²) in [6.45, 7) is 41.7. The van der Waals surface area contributed by atoms with E-state index in [-0.39, 0.29) is 39.2 Å². The number of benzene rings is 11. The maximum atomic E-state index is 2.62. The molecule has 5 nitrogen and oxygen atoms in total. The fourth-order valence-electron chi connectivity index (χ4n) is 15.3. The van der Waals surface area contributed by atoms with Crippen molar-refractivity contribution in [1.29, 1.82) is 0 Å². The lowest BCUT2D eigenvalue weighted by Gasteiger charge is -2.45. The van der Waals surface area contributed by atoms with E-state index >= 15 is 0 Å². The van der Waals surface area contributed by atoms with Gasteiger partial charge in [0.2, 0.25) is 0 Å². The van der Waals surface area contributed by atoms with Gasteiger partial charge in [0, 0.05) is 78.4 Å². The van der Waals surface area contributed by atoms with Crippen LogP contribution in [0.4, 0.5) is 51.2 Å². The Morgan fingerprint density at radius 2 is 0.562 bits per heavy atom. The van der Waals surface area contributed by atoms with E-state index < -0.39 is 0 Å². The average Bonchev–Trinajstić information content (AvgIpc) is 0.809. The van der Waals surface area contributed by atoms with Crippen LogP contribution >= 0.6 is 0 Å². The van der Waals surface area contributed by atoms with E-state index in [2.05, 4.69) is 379 Å². The van der Waals surface area contributed by atoms with Crippen LogP contribution in [0.3, 0.4) is 0 Å². The number of hydrogen-bond acceptors (Lipinski definition) is 3. The molecule has 96 heavy (non-hydrogen) atoms. The number of para-hydroxylation sites is 2. The molecule has 0 unspecified atom stereocenters. The summed E-state index contributed by atoms with van der Waals surface area (Å²) in [6.07, 6.45) is 0. The van der Waals surface area contributed by atoms with Crippen LogP contribution in [0.25, 0.3) is 55.0 Å². The van der Waals surface area contributed by atoms with Gasteiger partial charge in [-0.15, -0.1) is 0 Å². The molecule has 0 amide bonds. The predicted octanol–water partition coefficient (Wildman–Crippen LogP) is 23.2. The van der Waals surface area contributed by atoms with E-state index in [1.54, 1.807) is 0 Å². The lowest BCUT2D eigenvalue weighted by Crippen LogP contribution is -2.61. The SMILES string of the molecule is CC(C)(C)c1ccc(N(c2ccc(-n3c4ccccc4c4ccc5c6ccccc6n(-c6cc7c8c(c6)N(c6ccc(C(C)(C)C)cc6)c6ccc(C(C)(C)C)cc6B8c6cc(C(C)(C)C)ccc6N7c6ccc(C(C)(C)C)cc6)c5c43)cc2)c2ccc(C(C)(C)C)cc2)cc1. The molecule has 2 aliphatic rings. The zero-order chi connectivity index (χ0) is 67.5. The molecule has 15 rings (SSSR count). The largest absolute Gasteiger partial charge is 0.311 e. The molecule has 13 aromatic rings. The van der Waals surface area contributed by atoms with Crippen molar-refractivity contribution in [1.82, 2.24) is 9.13 Å². The van der Waals surface area contributed by atoms with Crippen molar-refractivity contribution in [2.24, 2.45) is 0 Å². The second kappa shape index (κ2) is 22.0. The van der Waals surface area contributed by atoms with Crippen molar-refractivity contribution >= 4 is 118 Å². The second-order valence-corrected chi connectivity index (χ2v) is 33.7. The zero-order valence-corrected chi connectivity index (χ0v) is 59.8. The van der Waals surface area contributed by atoms with Crippen molar-refractivity contribution in [3.8, 4) is 11.4 Å². The molecule has 0 bridgehead atoms. The minimum atomic E-state index is -0.0860. The van der Waals surface area contributed by atoms with Crippen LogP contribution in [0.5, 0.6) is 0 Å². The first-order chi connectivity index (χ1) is 45.4. The lowest BCUT2D eigenvalue weighted by molar-refractivity contribution is 0.590. The van der Waals surface area contributed by atoms with Gasteiger partial charge in [0.05, 0.1) is 27.8 Å². The van der Waals surface area contributed by atoms with Crippen molar-refractivity contribution in [2.75, 3.05) is 14.7 Å². The normalized spacial score (nSPS) is 13.7. The van der Waals surface area contributed by atoms with Gasteiger partial charge >= 0.3 is 0 Å². The highest BCUT2D eigenvalue weighted by atomic mass is 15.2. The molecule has 4 heterocycles. The number of rotatable bonds is 7.